The van der Waals surface area contributed by atoms with E-state index in [9.17, 15) is 9.90 Å². The molecule has 1 rings (SSSR count). The molecule has 5 nitrogen and oxygen atoms in total. The molecule has 0 radical (unpaired) electrons. The van der Waals surface area contributed by atoms with E-state index in [2.05, 4.69) is 5.10 Å². The van der Waals surface area contributed by atoms with Crippen molar-refractivity contribution in [2.75, 3.05) is 0 Å². The van der Waals surface area contributed by atoms with E-state index in [0.29, 0.717) is 4.68 Å². The van der Waals surface area contributed by atoms with E-state index < -0.39 is 19.0 Å². The number of nitrogens with two attached hydrogens (primary N) is 1. The van der Waals surface area contributed by atoms with Crippen LogP contribution >= 0.6 is 0 Å². The van der Waals surface area contributed by atoms with Crippen LogP contribution in [0.5, 0.6) is 0 Å². The van der Waals surface area contributed by atoms with Gasteiger partial charge >= 0.3 is 0 Å². The monoisotopic (exact) mass is 159 g/mol. The molecule has 0 spiro atoms. The van der Waals surface area contributed by atoms with Crippen LogP contribution in [0.25, 0.3) is 0 Å². The second-order valence-electron chi connectivity index (χ2n) is 1.83. The van der Waals surface area contributed by atoms with Crippen LogP contribution in [0, 0.1) is 0 Å². The van der Waals surface area contributed by atoms with Crippen molar-refractivity contribution in [2.24, 2.45) is 5.73 Å². The summed E-state index contributed by atoms with van der Waals surface area (Å²) in [6, 6.07) is 1.12. The first-order valence-corrected chi connectivity index (χ1v) is 2.74. The minimum Gasteiger partial charge on any atom is -0.372 e. The van der Waals surface area contributed by atoms with Gasteiger partial charge in [-0.1, -0.05) is 0 Å². The molecule has 1 unspecified atom stereocenters. The fourth-order valence-electron chi connectivity index (χ4n) is 0.573. The highest BCUT2D eigenvalue weighted by molar-refractivity contribution is 5.90. The summed E-state index contributed by atoms with van der Waals surface area (Å²) >= 11 is 0. The summed E-state index contributed by atoms with van der Waals surface area (Å²) in [5, 5.41) is 12.8. The topological polar surface area (TPSA) is 81.1 Å². The first-order chi connectivity index (χ1) is 6.66. The van der Waals surface area contributed by atoms with Crippen LogP contribution < -0.4 is 5.73 Å². The molecule has 0 aliphatic rings. The SMILES string of the molecule is [2H]C([2H])([2H])C([2H])(O)n1ccc(C(N)=O)n1. The first-order valence-electron chi connectivity index (χ1n) is 4.74. The maximum absolute atomic E-state index is 10.7. The van der Waals surface area contributed by atoms with E-state index in [-0.39, 0.29) is 5.69 Å². The molecule has 0 fully saturated rings. The van der Waals surface area contributed by atoms with Gasteiger partial charge in [0, 0.05) is 10.3 Å². The van der Waals surface area contributed by atoms with Crippen LogP contribution in [0.3, 0.4) is 0 Å². The third kappa shape index (κ3) is 1.56. The lowest BCUT2D eigenvalue weighted by Crippen LogP contribution is -2.13. The van der Waals surface area contributed by atoms with E-state index >= 15 is 0 Å². The van der Waals surface area contributed by atoms with Gasteiger partial charge in [0.25, 0.3) is 5.91 Å². The molecule has 1 aromatic heterocycles. The van der Waals surface area contributed by atoms with Crippen molar-refractivity contribution < 1.29 is 15.4 Å². The lowest BCUT2D eigenvalue weighted by Gasteiger charge is -2.01. The Labute approximate surface area is 69.0 Å². The minimum atomic E-state index is -2.98. The van der Waals surface area contributed by atoms with Crippen molar-refractivity contribution in [2.45, 2.75) is 13.1 Å². The predicted molar refractivity (Wildman–Crippen MR) is 37.7 cm³/mol. The van der Waals surface area contributed by atoms with E-state index in [1.807, 2.05) is 0 Å². The van der Waals surface area contributed by atoms with Gasteiger partial charge in [0.1, 0.15) is 11.9 Å². The molecule has 0 aliphatic carbocycles. The van der Waals surface area contributed by atoms with Crippen LogP contribution in [0.2, 0.25) is 0 Å². The van der Waals surface area contributed by atoms with Crippen molar-refractivity contribution in [3.8, 4) is 0 Å². The number of aromatic nitrogens is 2. The molecule has 0 aliphatic heterocycles. The molecule has 1 heterocycles. The van der Waals surface area contributed by atoms with Crippen LogP contribution in [0.4, 0.5) is 0 Å². The highest BCUT2D eigenvalue weighted by atomic mass is 16.3. The van der Waals surface area contributed by atoms with Crippen LogP contribution in [0.1, 0.15) is 29.0 Å². The van der Waals surface area contributed by atoms with Gasteiger partial charge in [0.2, 0.25) is 0 Å². The first kappa shape index (κ1) is 3.87. The minimum absolute atomic E-state index is 0.218. The average molecular weight is 159 g/mol. The largest absolute Gasteiger partial charge is 0.372 e. The van der Waals surface area contributed by atoms with Crippen molar-refractivity contribution in [1.82, 2.24) is 9.78 Å². The Hall–Kier alpha value is -1.36. The van der Waals surface area contributed by atoms with Crippen LogP contribution in [0.15, 0.2) is 12.3 Å². The van der Waals surface area contributed by atoms with Gasteiger partial charge in [-0.2, -0.15) is 5.10 Å². The zero-order valence-corrected chi connectivity index (χ0v) is 5.48. The van der Waals surface area contributed by atoms with Gasteiger partial charge < -0.3 is 10.8 Å². The molecule has 0 saturated heterocycles. The van der Waals surface area contributed by atoms with Crippen molar-refractivity contribution in [3.05, 3.63) is 18.0 Å². The lowest BCUT2D eigenvalue weighted by atomic mass is 10.4. The van der Waals surface area contributed by atoms with E-state index in [4.69, 9.17) is 11.2 Å². The van der Waals surface area contributed by atoms with Gasteiger partial charge in [-0.3, -0.25) is 4.79 Å². The summed E-state index contributed by atoms with van der Waals surface area (Å²) in [5.41, 5.74) is 4.66. The fourth-order valence-corrected chi connectivity index (χ4v) is 0.573. The number of carbonyl (C=O) groups is 1. The third-order valence-electron chi connectivity index (χ3n) is 1.06. The zero-order chi connectivity index (χ0) is 11.9. The van der Waals surface area contributed by atoms with Gasteiger partial charge in [-0.25, -0.2) is 4.68 Å². The summed E-state index contributed by atoms with van der Waals surface area (Å²) in [6.45, 7) is -2.98. The Morgan fingerprint density at radius 2 is 2.91 bits per heavy atom. The highest BCUT2D eigenvalue weighted by Gasteiger charge is 2.06. The number of hydrogen-bond acceptors (Lipinski definition) is 3. The maximum Gasteiger partial charge on any atom is 0.269 e. The lowest BCUT2D eigenvalue weighted by molar-refractivity contribution is 0.0978. The number of hydrogen-bond donors (Lipinski definition) is 2. The van der Waals surface area contributed by atoms with E-state index in [0.717, 1.165) is 12.3 Å². The Morgan fingerprint density at radius 1 is 2.18 bits per heavy atom. The number of primary amides is 1. The summed E-state index contributed by atoms with van der Waals surface area (Å²) in [7, 11) is 0. The number of rotatable bonds is 2. The summed E-state index contributed by atoms with van der Waals surface area (Å²) in [5.74, 6) is -0.866. The van der Waals surface area contributed by atoms with Crippen molar-refractivity contribution >= 4 is 5.91 Å². The Balaban J connectivity index is 3.11. The van der Waals surface area contributed by atoms with E-state index in [1.165, 1.54) is 0 Å². The second kappa shape index (κ2) is 2.71. The molecule has 1 atom stereocenters. The summed E-state index contributed by atoms with van der Waals surface area (Å²) in [6.07, 6.45) is -1.92. The third-order valence-corrected chi connectivity index (χ3v) is 1.06. The Kier molecular flexibility index (Phi) is 0.953. The Morgan fingerprint density at radius 3 is 3.36 bits per heavy atom. The van der Waals surface area contributed by atoms with E-state index in [1.54, 1.807) is 0 Å². The summed E-state index contributed by atoms with van der Waals surface area (Å²) < 4.78 is 28.4. The molecule has 60 valence electrons. The maximum atomic E-state index is 10.7. The van der Waals surface area contributed by atoms with Crippen molar-refractivity contribution in [3.63, 3.8) is 0 Å². The number of amides is 1. The number of carbonyl (C=O) groups excluding carboxylic acids is 1. The molecule has 0 aromatic carbocycles. The number of nitrogens with zero attached hydrogens (tertiary/aromatic N) is 2. The summed E-state index contributed by atoms with van der Waals surface area (Å²) in [4.78, 5) is 10.7. The van der Waals surface area contributed by atoms with Gasteiger partial charge in [0.15, 0.2) is 0 Å². The number of aliphatic hydroxyl groups is 1. The molecule has 0 saturated carbocycles. The van der Waals surface area contributed by atoms with Gasteiger partial charge in [-0.05, 0) is 12.9 Å². The quantitative estimate of drug-likeness (QED) is 0.610. The molecule has 1 aromatic rings. The normalized spacial score (nSPS) is 22.3. The van der Waals surface area contributed by atoms with Gasteiger partial charge in [0.05, 0.1) is 1.37 Å². The zero-order valence-electron chi connectivity index (χ0n) is 9.48. The molecule has 5 heteroatoms. The standard InChI is InChI=1S/C6H9N3O2/c1-4(10)9-3-2-5(8-9)6(7)11/h2-4,10H,1H3,(H2,7,11)/i1D3,4D. The predicted octanol–water partition coefficient (Wildman–Crippen LogP) is -0.507. The fraction of sp³-hybridized carbons (Fsp3) is 0.333. The van der Waals surface area contributed by atoms with Crippen molar-refractivity contribution in [1.29, 1.82) is 0 Å². The van der Waals surface area contributed by atoms with Crippen LogP contribution in [-0.2, 0) is 0 Å². The average Bonchev–Trinajstić information content (AvgIpc) is 2.49. The smallest absolute Gasteiger partial charge is 0.269 e. The second-order valence-corrected chi connectivity index (χ2v) is 1.83. The van der Waals surface area contributed by atoms with Gasteiger partial charge in [-0.15, -0.1) is 0 Å². The molecule has 3 N–H and O–H groups in total. The molecular formula is C6H9N3O2. The van der Waals surface area contributed by atoms with Crippen LogP contribution in [-0.4, -0.2) is 20.8 Å². The highest BCUT2D eigenvalue weighted by Crippen LogP contribution is 2.00. The molecular weight excluding hydrogens is 146 g/mol. The molecule has 1 amide bonds. The Bertz CT molecular complexity index is 384. The molecule has 0 bridgehead atoms. The molecule has 11 heavy (non-hydrogen) atoms.